The molecule has 3 heteroatoms. The molecular weight excluding hydrogens is 200 g/mol. The monoisotopic (exact) mass is 218 g/mol. The molecule has 0 unspecified atom stereocenters. The van der Waals surface area contributed by atoms with Gasteiger partial charge in [-0.15, -0.1) is 0 Å². The van der Waals surface area contributed by atoms with Crippen LogP contribution >= 0.6 is 0 Å². The van der Waals surface area contributed by atoms with Crippen molar-refractivity contribution in [1.82, 2.24) is 5.32 Å². The molecule has 0 saturated heterocycles. The summed E-state index contributed by atoms with van der Waals surface area (Å²) in [6.45, 7) is 3.91. The van der Waals surface area contributed by atoms with Crippen LogP contribution < -0.4 is 11.1 Å². The van der Waals surface area contributed by atoms with Crippen molar-refractivity contribution in [2.45, 2.75) is 38.3 Å². The maximum absolute atomic E-state index is 12.0. The van der Waals surface area contributed by atoms with E-state index in [0.29, 0.717) is 0 Å². The predicted molar refractivity (Wildman–Crippen MR) is 64.1 cm³/mol. The highest BCUT2D eigenvalue weighted by molar-refractivity contribution is 5.96. The molecule has 0 radical (unpaired) electrons. The van der Waals surface area contributed by atoms with Crippen molar-refractivity contribution in [3.8, 4) is 0 Å². The van der Waals surface area contributed by atoms with Crippen molar-refractivity contribution < 1.29 is 4.79 Å². The number of amides is 1. The van der Waals surface area contributed by atoms with Crippen LogP contribution in [-0.2, 0) is 5.54 Å². The molecule has 3 N–H and O–H groups in total. The average Bonchev–Trinajstić information content (AvgIpc) is 2.97. The van der Waals surface area contributed by atoms with Crippen LogP contribution in [0, 0.1) is 0 Å². The Labute approximate surface area is 96.0 Å². The van der Waals surface area contributed by atoms with Crippen molar-refractivity contribution in [1.29, 1.82) is 0 Å². The molecule has 1 aliphatic rings. The lowest BCUT2D eigenvalue weighted by atomic mass is 9.98. The highest BCUT2D eigenvalue weighted by Gasteiger charge is 2.42. The Balaban J connectivity index is 2.30. The molecule has 0 aliphatic heterocycles. The Morgan fingerprint density at radius 3 is 2.56 bits per heavy atom. The van der Waals surface area contributed by atoms with E-state index >= 15 is 0 Å². The number of rotatable bonds is 3. The molecule has 86 valence electrons. The quantitative estimate of drug-likeness (QED) is 0.812. The minimum atomic E-state index is -0.259. The van der Waals surface area contributed by atoms with Crippen LogP contribution in [0.4, 0.5) is 0 Å². The number of carbonyl (C=O) groups excluding carboxylic acids is 1. The van der Waals surface area contributed by atoms with E-state index in [9.17, 15) is 4.79 Å². The summed E-state index contributed by atoms with van der Waals surface area (Å²) in [5.74, 6) is -0.0256. The first-order valence-electron chi connectivity index (χ1n) is 5.72. The van der Waals surface area contributed by atoms with E-state index in [1.807, 2.05) is 38.1 Å². The van der Waals surface area contributed by atoms with E-state index in [4.69, 9.17) is 5.73 Å². The van der Waals surface area contributed by atoms with Crippen LogP contribution in [0.5, 0.6) is 0 Å². The molecule has 16 heavy (non-hydrogen) atoms. The van der Waals surface area contributed by atoms with Gasteiger partial charge in [0, 0.05) is 17.1 Å². The Kier molecular flexibility index (Phi) is 2.72. The van der Waals surface area contributed by atoms with Gasteiger partial charge in [0.25, 0.3) is 5.91 Å². The van der Waals surface area contributed by atoms with Gasteiger partial charge in [0.15, 0.2) is 0 Å². The molecule has 0 aromatic heterocycles. The molecule has 1 aromatic carbocycles. The smallest absolute Gasteiger partial charge is 0.251 e. The molecule has 0 heterocycles. The van der Waals surface area contributed by atoms with Gasteiger partial charge in [-0.25, -0.2) is 0 Å². The van der Waals surface area contributed by atoms with E-state index in [1.165, 1.54) is 0 Å². The van der Waals surface area contributed by atoms with Gasteiger partial charge in [0.2, 0.25) is 0 Å². The fourth-order valence-electron chi connectivity index (χ4n) is 1.86. The number of hydrogen-bond donors (Lipinski definition) is 2. The molecule has 0 atom stereocenters. The van der Waals surface area contributed by atoms with E-state index < -0.39 is 0 Å². The number of hydrogen-bond acceptors (Lipinski definition) is 2. The largest absolute Gasteiger partial charge is 0.350 e. The molecular formula is C13H18N2O. The maximum Gasteiger partial charge on any atom is 0.251 e. The zero-order valence-electron chi connectivity index (χ0n) is 9.79. The lowest BCUT2D eigenvalue weighted by Gasteiger charge is -2.16. The Morgan fingerprint density at radius 1 is 1.38 bits per heavy atom. The first-order chi connectivity index (χ1) is 7.53. The van der Waals surface area contributed by atoms with Crippen molar-refractivity contribution in [2.24, 2.45) is 5.73 Å². The second kappa shape index (κ2) is 3.91. The minimum Gasteiger partial charge on any atom is -0.350 e. The van der Waals surface area contributed by atoms with E-state index in [0.717, 1.165) is 24.0 Å². The lowest BCUT2D eigenvalue weighted by molar-refractivity contribution is 0.0941. The molecule has 1 aromatic rings. The Bertz CT molecular complexity index is 408. The molecule has 0 bridgehead atoms. The number of nitrogens with one attached hydrogen (secondary N) is 1. The molecule has 3 nitrogen and oxygen atoms in total. The van der Waals surface area contributed by atoms with Gasteiger partial charge in [-0.2, -0.15) is 0 Å². The minimum absolute atomic E-state index is 0.0256. The number of benzene rings is 1. The van der Waals surface area contributed by atoms with Gasteiger partial charge in [0.1, 0.15) is 0 Å². The summed E-state index contributed by atoms with van der Waals surface area (Å²) in [5.41, 5.74) is 7.60. The summed E-state index contributed by atoms with van der Waals surface area (Å²) in [6, 6.07) is 7.77. The molecule has 0 spiro atoms. The molecule has 1 amide bonds. The summed E-state index contributed by atoms with van der Waals surface area (Å²) < 4.78 is 0. The van der Waals surface area contributed by atoms with Crippen molar-refractivity contribution in [3.63, 3.8) is 0 Å². The van der Waals surface area contributed by atoms with Gasteiger partial charge in [-0.05, 0) is 38.3 Å². The van der Waals surface area contributed by atoms with Crippen LogP contribution in [-0.4, -0.2) is 11.9 Å². The topological polar surface area (TPSA) is 55.1 Å². The average molecular weight is 218 g/mol. The summed E-state index contributed by atoms with van der Waals surface area (Å²) in [6.07, 6.45) is 1.94. The fourth-order valence-corrected chi connectivity index (χ4v) is 1.86. The van der Waals surface area contributed by atoms with Gasteiger partial charge in [-0.1, -0.05) is 18.2 Å². The third kappa shape index (κ3) is 2.09. The van der Waals surface area contributed by atoms with E-state index in [2.05, 4.69) is 5.32 Å². The van der Waals surface area contributed by atoms with Crippen LogP contribution in [0.3, 0.4) is 0 Å². The van der Waals surface area contributed by atoms with Crippen LogP contribution in [0.2, 0.25) is 0 Å². The molecule has 1 aliphatic carbocycles. The number of nitrogens with two attached hydrogens (primary N) is 1. The third-order valence-corrected chi connectivity index (χ3v) is 2.92. The Morgan fingerprint density at radius 2 is 2.00 bits per heavy atom. The predicted octanol–water partition coefficient (Wildman–Crippen LogP) is 1.77. The van der Waals surface area contributed by atoms with Crippen molar-refractivity contribution in [2.75, 3.05) is 0 Å². The van der Waals surface area contributed by atoms with E-state index in [1.54, 1.807) is 0 Å². The summed E-state index contributed by atoms with van der Waals surface area (Å²) in [4.78, 5) is 12.0. The van der Waals surface area contributed by atoms with Crippen molar-refractivity contribution >= 4 is 5.91 Å². The van der Waals surface area contributed by atoms with Gasteiger partial charge in [0.05, 0.1) is 0 Å². The van der Waals surface area contributed by atoms with Gasteiger partial charge < -0.3 is 11.1 Å². The highest BCUT2D eigenvalue weighted by atomic mass is 16.1. The lowest BCUT2D eigenvalue weighted by Crippen LogP contribution is -2.33. The first kappa shape index (κ1) is 11.1. The third-order valence-electron chi connectivity index (χ3n) is 2.92. The SMILES string of the molecule is CC(C)NC(=O)c1ccccc1C1(N)CC1. The fraction of sp³-hybridized carbons (Fsp3) is 0.462. The number of carbonyl (C=O) groups is 1. The zero-order chi connectivity index (χ0) is 11.8. The highest BCUT2D eigenvalue weighted by Crippen LogP contribution is 2.43. The second-order valence-corrected chi connectivity index (χ2v) is 4.83. The molecule has 1 saturated carbocycles. The van der Waals surface area contributed by atoms with Gasteiger partial charge in [-0.3, -0.25) is 4.79 Å². The Hall–Kier alpha value is -1.35. The normalized spacial score (nSPS) is 17.2. The standard InChI is InChI=1S/C13H18N2O/c1-9(2)15-12(16)10-5-3-4-6-11(10)13(14)7-8-13/h3-6,9H,7-8,14H2,1-2H3,(H,15,16). The van der Waals surface area contributed by atoms with Crippen LogP contribution in [0.15, 0.2) is 24.3 Å². The molecule has 1 fully saturated rings. The second-order valence-electron chi connectivity index (χ2n) is 4.83. The van der Waals surface area contributed by atoms with Crippen LogP contribution in [0.1, 0.15) is 42.6 Å². The summed E-state index contributed by atoms with van der Waals surface area (Å²) >= 11 is 0. The summed E-state index contributed by atoms with van der Waals surface area (Å²) in [7, 11) is 0. The van der Waals surface area contributed by atoms with Gasteiger partial charge >= 0.3 is 0 Å². The first-order valence-corrected chi connectivity index (χ1v) is 5.72. The van der Waals surface area contributed by atoms with Crippen LogP contribution in [0.25, 0.3) is 0 Å². The van der Waals surface area contributed by atoms with Crippen molar-refractivity contribution in [3.05, 3.63) is 35.4 Å². The zero-order valence-corrected chi connectivity index (χ0v) is 9.79. The van der Waals surface area contributed by atoms with E-state index in [-0.39, 0.29) is 17.5 Å². The summed E-state index contributed by atoms with van der Waals surface area (Å²) in [5, 5.41) is 2.90. The molecule has 2 rings (SSSR count). The maximum atomic E-state index is 12.0.